The van der Waals surface area contributed by atoms with E-state index in [0.29, 0.717) is 5.56 Å². The van der Waals surface area contributed by atoms with E-state index >= 15 is 0 Å². The van der Waals surface area contributed by atoms with Crippen LogP contribution in [-0.2, 0) is 14.3 Å². The molecule has 0 aromatic heterocycles. The SMILES string of the molecule is COC(=O)c1ccc(C(=O)O[C@H](C)C(N)=O)cc1. The molecular weight excluding hydrogens is 238 g/mol. The van der Waals surface area contributed by atoms with Crippen molar-refractivity contribution in [2.45, 2.75) is 13.0 Å². The van der Waals surface area contributed by atoms with Crippen molar-refractivity contribution in [1.29, 1.82) is 0 Å². The van der Waals surface area contributed by atoms with Crippen LogP contribution in [0.25, 0.3) is 0 Å². The van der Waals surface area contributed by atoms with Gasteiger partial charge in [0.15, 0.2) is 6.10 Å². The summed E-state index contributed by atoms with van der Waals surface area (Å²) in [7, 11) is 1.26. The van der Waals surface area contributed by atoms with Crippen LogP contribution in [0.15, 0.2) is 24.3 Å². The fraction of sp³-hybridized carbons (Fsp3) is 0.250. The number of carbonyl (C=O) groups is 3. The van der Waals surface area contributed by atoms with Crippen molar-refractivity contribution in [1.82, 2.24) is 0 Å². The van der Waals surface area contributed by atoms with Crippen LogP contribution in [0.1, 0.15) is 27.6 Å². The quantitative estimate of drug-likeness (QED) is 0.786. The topological polar surface area (TPSA) is 95.7 Å². The third kappa shape index (κ3) is 3.31. The molecule has 6 nitrogen and oxygen atoms in total. The zero-order valence-corrected chi connectivity index (χ0v) is 10.0. The first kappa shape index (κ1) is 13.7. The van der Waals surface area contributed by atoms with Crippen LogP contribution < -0.4 is 5.73 Å². The van der Waals surface area contributed by atoms with Crippen LogP contribution in [0.3, 0.4) is 0 Å². The second kappa shape index (κ2) is 5.81. The molecule has 18 heavy (non-hydrogen) atoms. The van der Waals surface area contributed by atoms with Crippen LogP contribution in [0.5, 0.6) is 0 Å². The Kier molecular flexibility index (Phi) is 4.42. The molecule has 0 saturated carbocycles. The smallest absolute Gasteiger partial charge is 0.338 e. The first-order chi connectivity index (χ1) is 8.45. The lowest BCUT2D eigenvalue weighted by Crippen LogP contribution is -2.30. The lowest BCUT2D eigenvalue weighted by Gasteiger charge is -2.09. The summed E-state index contributed by atoms with van der Waals surface area (Å²) < 4.78 is 9.31. The molecule has 0 heterocycles. The highest BCUT2D eigenvalue weighted by molar-refractivity contribution is 5.94. The first-order valence-corrected chi connectivity index (χ1v) is 5.14. The van der Waals surface area contributed by atoms with E-state index < -0.39 is 23.9 Å². The Hall–Kier alpha value is -2.37. The minimum Gasteiger partial charge on any atom is -0.465 e. The first-order valence-electron chi connectivity index (χ1n) is 5.14. The molecule has 96 valence electrons. The van der Waals surface area contributed by atoms with Crippen molar-refractivity contribution < 1.29 is 23.9 Å². The van der Waals surface area contributed by atoms with Gasteiger partial charge in [-0.3, -0.25) is 4.79 Å². The number of rotatable bonds is 4. The summed E-state index contributed by atoms with van der Waals surface area (Å²) in [4.78, 5) is 33.5. The zero-order valence-electron chi connectivity index (χ0n) is 10.0. The molecule has 0 aliphatic rings. The standard InChI is InChI=1S/C12H13NO5/c1-7(10(13)14)18-12(16)9-5-3-8(4-6-9)11(15)17-2/h3-7H,1-2H3,(H2,13,14)/t7-/m1/s1. The fourth-order valence-corrected chi connectivity index (χ4v) is 1.15. The number of methoxy groups -OCH3 is 1. The molecule has 1 amide bonds. The molecule has 0 bridgehead atoms. The number of hydrogen-bond acceptors (Lipinski definition) is 5. The van der Waals surface area contributed by atoms with Gasteiger partial charge in [0.1, 0.15) is 0 Å². The Bertz CT molecular complexity index is 466. The lowest BCUT2D eigenvalue weighted by molar-refractivity contribution is -0.125. The molecular formula is C12H13NO5. The van der Waals surface area contributed by atoms with E-state index in [9.17, 15) is 14.4 Å². The van der Waals surface area contributed by atoms with Crippen molar-refractivity contribution in [3.63, 3.8) is 0 Å². The third-order valence-electron chi connectivity index (χ3n) is 2.23. The Labute approximate surface area is 104 Å². The zero-order chi connectivity index (χ0) is 13.7. The monoisotopic (exact) mass is 251 g/mol. The van der Waals surface area contributed by atoms with Crippen molar-refractivity contribution >= 4 is 17.8 Å². The van der Waals surface area contributed by atoms with Crippen LogP contribution >= 0.6 is 0 Å². The highest BCUT2D eigenvalue weighted by Gasteiger charge is 2.16. The van der Waals surface area contributed by atoms with Crippen LogP contribution in [-0.4, -0.2) is 31.1 Å². The largest absolute Gasteiger partial charge is 0.465 e. The number of nitrogens with two attached hydrogens (primary N) is 1. The summed E-state index contributed by atoms with van der Waals surface area (Å²) in [5, 5.41) is 0. The maximum absolute atomic E-state index is 11.6. The van der Waals surface area contributed by atoms with Gasteiger partial charge in [0.25, 0.3) is 5.91 Å². The number of benzene rings is 1. The van der Waals surface area contributed by atoms with Crippen LogP contribution in [0.4, 0.5) is 0 Å². The van der Waals surface area contributed by atoms with Crippen molar-refractivity contribution in [2.75, 3.05) is 7.11 Å². The van der Waals surface area contributed by atoms with E-state index in [0.717, 1.165) is 0 Å². The number of hydrogen-bond donors (Lipinski definition) is 1. The molecule has 0 aliphatic carbocycles. The molecule has 1 atom stereocenters. The average Bonchev–Trinajstić information content (AvgIpc) is 2.37. The average molecular weight is 251 g/mol. The minimum atomic E-state index is -1.00. The number of primary amides is 1. The molecule has 6 heteroatoms. The summed E-state index contributed by atoms with van der Waals surface area (Å²) in [5.74, 6) is -1.91. The lowest BCUT2D eigenvalue weighted by atomic mass is 10.1. The normalized spacial score (nSPS) is 11.4. The maximum atomic E-state index is 11.6. The molecule has 1 aromatic carbocycles. The highest BCUT2D eigenvalue weighted by Crippen LogP contribution is 2.08. The van der Waals surface area contributed by atoms with Gasteiger partial charge < -0.3 is 15.2 Å². The van der Waals surface area contributed by atoms with Gasteiger partial charge in [0.05, 0.1) is 18.2 Å². The Morgan fingerprint density at radius 3 is 1.89 bits per heavy atom. The molecule has 1 rings (SSSR count). The summed E-state index contributed by atoms with van der Waals surface area (Å²) in [5.41, 5.74) is 5.50. The van der Waals surface area contributed by atoms with Gasteiger partial charge in [0.2, 0.25) is 0 Å². The number of carbonyl (C=O) groups excluding carboxylic acids is 3. The fourth-order valence-electron chi connectivity index (χ4n) is 1.15. The van der Waals surface area contributed by atoms with Crippen molar-refractivity contribution in [2.24, 2.45) is 5.73 Å². The number of esters is 2. The van der Waals surface area contributed by atoms with Gasteiger partial charge in [-0.2, -0.15) is 0 Å². The maximum Gasteiger partial charge on any atom is 0.338 e. The molecule has 0 fully saturated rings. The Morgan fingerprint density at radius 2 is 1.50 bits per heavy atom. The van der Waals surface area contributed by atoms with Crippen molar-refractivity contribution in [3.8, 4) is 0 Å². The molecule has 0 saturated heterocycles. The van der Waals surface area contributed by atoms with E-state index in [1.54, 1.807) is 0 Å². The van der Waals surface area contributed by atoms with Gasteiger partial charge in [-0.25, -0.2) is 9.59 Å². The van der Waals surface area contributed by atoms with E-state index in [1.165, 1.54) is 38.3 Å². The molecule has 1 aromatic rings. The van der Waals surface area contributed by atoms with Gasteiger partial charge in [-0.15, -0.1) is 0 Å². The predicted octanol–water partition coefficient (Wildman–Crippen LogP) is 0.504. The van der Waals surface area contributed by atoms with Crippen LogP contribution in [0.2, 0.25) is 0 Å². The number of amides is 1. The number of ether oxygens (including phenoxy) is 2. The van der Waals surface area contributed by atoms with E-state index in [1.807, 2.05) is 0 Å². The van der Waals surface area contributed by atoms with Gasteiger partial charge in [0, 0.05) is 0 Å². The molecule has 0 spiro atoms. The third-order valence-corrected chi connectivity index (χ3v) is 2.23. The van der Waals surface area contributed by atoms with E-state index in [4.69, 9.17) is 10.5 Å². The van der Waals surface area contributed by atoms with Gasteiger partial charge in [-0.1, -0.05) is 0 Å². The summed E-state index contributed by atoms with van der Waals surface area (Å²) in [6.45, 7) is 1.38. The van der Waals surface area contributed by atoms with E-state index in [2.05, 4.69) is 4.74 Å². The molecule has 0 aliphatic heterocycles. The van der Waals surface area contributed by atoms with Gasteiger partial charge in [-0.05, 0) is 31.2 Å². The van der Waals surface area contributed by atoms with Gasteiger partial charge >= 0.3 is 11.9 Å². The molecule has 0 unspecified atom stereocenters. The summed E-state index contributed by atoms with van der Waals surface area (Å²) in [6.07, 6.45) is -1.00. The minimum absolute atomic E-state index is 0.218. The summed E-state index contributed by atoms with van der Waals surface area (Å²) in [6, 6.07) is 5.67. The second-order valence-electron chi connectivity index (χ2n) is 3.52. The Morgan fingerprint density at radius 1 is 1.06 bits per heavy atom. The predicted molar refractivity (Wildman–Crippen MR) is 61.9 cm³/mol. The van der Waals surface area contributed by atoms with Crippen molar-refractivity contribution in [3.05, 3.63) is 35.4 Å². The second-order valence-corrected chi connectivity index (χ2v) is 3.52. The highest BCUT2D eigenvalue weighted by atomic mass is 16.5. The molecule has 0 radical (unpaired) electrons. The Balaban J connectivity index is 2.76. The molecule has 2 N–H and O–H groups in total. The van der Waals surface area contributed by atoms with E-state index in [-0.39, 0.29) is 5.56 Å². The summed E-state index contributed by atoms with van der Waals surface area (Å²) >= 11 is 0. The van der Waals surface area contributed by atoms with Crippen LogP contribution in [0, 0.1) is 0 Å².